The zero-order chi connectivity index (χ0) is 19.2. The number of rotatable bonds is 7. The van der Waals surface area contributed by atoms with Crippen molar-refractivity contribution in [2.45, 2.75) is 19.4 Å². The molecule has 1 aromatic heterocycles. The molecule has 0 fully saturated rings. The van der Waals surface area contributed by atoms with Crippen LogP contribution in [-0.2, 0) is 17.8 Å². The van der Waals surface area contributed by atoms with Gasteiger partial charge in [-0.3, -0.25) is 4.79 Å². The van der Waals surface area contributed by atoms with Gasteiger partial charge >= 0.3 is 0 Å². The Balaban J connectivity index is 1.54. The number of benzene rings is 2. The second-order valence-electron chi connectivity index (χ2n) is 6.61. The number of oxazole rings is 1. The highest BCUT2D eigenvalue weighted by Gasteiger charge is 2.10. The fourth-order valence-corrected chi connectivity index (χ4v) is 2.73. The van der Waals surface area contributed by atoms with Gasteiger partial charge in [-0.25, -0.2) is 9.37 Å². The van der Waals surface area contributed by atoms with Gasteiger partial charge in [0.1, 0.15) is 5.82 Å². The maximum Gasteiger partial charge on any atom is 0.224 e. The Hall–Kier alpha value is -2.99. The minimum Gasteiger partial charge on any atom is -0.441 e. The van der Waals surface area contributed by atoms with Gasteiger partial charge in [0.25, 0.3) is 0 Å². The zero-order valence-electron chi connectivity index (χ0n) is 15.4. The lowest BCUT2D eigenvalue weighted by molar-refractivity contribution is -0.116. The molecule has 0 bridgehead atoms. The molecule has 1 heterocycles. The minimum atomic E-state index is -0.301. The van der Waals surface area contributed by atoms with Crippen LogP contribution in [0.2, 0.25) is 0 Å². The summed E-state index contributed by atoms with van der Waals surface area (Å²) in [7, 11) is 4.00. The molecule has 3 rings (SSSR count). The van der Waals surface area contributed by atoms with Crippen LogP contribution in [0.3, 0.4) is 0 Å². The van der Waals surface area contributed by atoms with Crippen LogP contribution in [0.5, 0.6) is 0 Å². The summed E-state index contributed by atoms with van der Waals surface area (Å²) in [4.78, 5) is 18.5. The van der Waals surface area contributed by atoms with E-state index in [1.54, 1.807) is 18.3 Å². The van der Waals surface area contributed by atoms with Crippen molar-refractivity contribution in [3.63, 3.8) is 0 Å². The molecule has 0 saturated heterocycles. The van der Waals surface area contributed by atoms with Crippen LogP contribution >= 0.6 is 0 Å². The minimum absolute atomic E-state index is 0.0986. The summed E-state index contributed by atoms with van der Waals surface area (Å²) in [6.07, 6.45) is 2.25. The molecule has 0 atom stereocenters. The van der Waals surface area contributed by atoms with Crippen molar-refractivity contribution >= 4 is 11.6 Å². The Labute approximate surface area is 157 Å². The van der Waals surface area contributed by atoms with E-state index in [0.29, 0.717) is 18.1 Å². The number of nitrogens with one attached hydrogen (secondary N) is 1. The lowest BCUT2D eigenvalue weighted by Crippen LogP contribution is -2.14. The first-order valence-corrected chi connectivity index (χ1v) is 8.74. The molecular formula is C21H22FN3O2. The number of hydrogen-bond acceptors (Lipinski definition) is 4. The van der Waals surface area contributed by atoms with E-state index in [9.17, 15) is 9.18 Å². The third kappa shape index (κ3) is 5.49. The van der Waals surface area contributed by atoms with Crippen LogP contribution in [0.15, 0.2) is 59.1 Å². The average molecular weight is 367 g/mol. The van der Waals surface area contributed by atoms with Crippen molar-refractivity contribution in [3.8, 4) is 11.3 Å². The van der Waals surface area contributed by atoms with E-state index in [1.807, 2.05) is 38.4 Å². The number of hydrogen-bond donors (Lipinski definition) is 1. The van der Waals surface area contributed by atoms with Crippen LogP contribution in [-0.4, -0.2) is 29.9 Å². The summed E-state index contributed by atoms with van der Waals surface area (Å²) in [5, 5.41) is 2.90. The van der Waals surface area contributed by atoms with E-state index in [1.165, 1.54) is 12.1 Å². The number of halogens is 1. The molecule has 140 valence electrons. The van der Waals surface area contributed by atoms with Gasteiger partial charge in [0, 0.05) is 30.6 Å². The Bertz CT molecular complexity index is 904. The standard InChI is InChI=1S/C21H22FN3O2/c1-25(2)14-15-4-3-5-18(12-15)24-20(26)10-11-21-23-13-19(27-21)16-6-8-17(22)9-7-16/h3-9,12-13H,10-11,14H2,1-2H3,(H,24,26). The average Bonchev–Trinajstić information content (AvgIpc) is 3.09. The Morgan fingerprint density at radius 3 is 2.70 bits per heavy atom. The van der Waals surface area contributed by atoms with Crippen LogP contribution in [0.25, 0.3) is 11.3 Å². The molecule has 1 amide bonds. The molecule has 1 N–H and O–H groups in total. The predicted octanol–water partition coefficient (Wildman–Crippen LogP) is 4.11. The molecule has 3 aromatic rings. The highest BCUT2D eigenvalue weighted by molar-refractivity contribution is 5.90. The summed E-state index contributed by atoms with van der Waals surface area (Å²) in [5.74, 6) is 0.635. The Kier molecular flexibility index (Phi) is 5.98. The van der Waals surface area contributed by atoms with Gasteiger partial charge < -0.3 is 14.6 Å². The van der Waals surface area contributed by atoms with E-state index < -0.39 is 0 Å². The lowest BCUT2D eigenvalue weighted by atomic mass is 10.2. The summed E-state index contributed by atoms with van der Waals surface area (Å²) < 4.78 is 18.6. The molecule has 27 heavy (non-hydrogen) atoms. The van der Waals surface area contributed by atoms with Crippen molar-refractivity contribution in [1.29, 1.82) is 0 Å². The van der Waals surface area contributed by atoms with Crippen LogP contribution in [0.4, 0.5) is 10.1 Å². The number of aryl methyl sites for hydroxylation is 1. The van der Waals surface area contributed by atoms with Crippen molar-refractivity contribution < 1.29 is 13.6 Å². The fourth-order valence-electron chi connectivity index (χ4n) is 2.73. The topological polar surface area (TPSA) is 58.4 Å². The van der Waals surface area contributed by atoms with Crippen LogP contribution in [0, 0.1) is 5.82 Å². The first-order valence-electron chi connectivity index (χ1n) is 8.74. The zero-order valence-corrected chi connectivity index (χ0v) is 15.4. The van der Waals surface area contributed by atoms with E-state index in [4.69, 9.17) is 4.42 Å². The van der Waals surface area contributed by atoms with Gasteiger partial charge in [-0.15, -0.1) is 0 Å². The van der Waals surface area contributed by atoms with Crippen LogP contribution < -0.4 is 5.32 Å². The molecular weight excluding hydrogens is 345 g/mol. The molecule has 0 saturated carbocycles. The summed E-state index contributed by atoms with van der Waals surface area (Å²) in [6, 6.07) is 13.8. The number of nitrogens with zero attached hydrogens (tertiary/aromatic N) is 2. The molecule has 6 heteroatoms. The third-order valence-electron chi connectivity index (χ3n) is 3.96. The molecule has 5 nitrogen and oxygen atoms in total. The van der Waals surface area contributed by atoms with Gasteiger partial charge in [-0.05, 0) is 56.1 Å². The maximum absolute atomic E-state index is 13.0. The van der Waals surface area contributed by atoms with Gasteiger partial charge in [0.2, 0.25) is 5.91 Å². The predicted molar refractivity (Wildman–Crippen MR) is 103 cm³/mol. The molecule has 0 unspecified atom stereocenters. The molecule has 0 radical (unpaired) electrons. The normalized spacial score (nSPS) is 11.0. The SMILES string of the molecule is CN(C)Cc1cccc(NC(=O)CCc2ncc(-c3ccc(F)cc3)o2)c1. The van der Waals surface area contributed by atoms with Crippen LogP contribution in [0.1, 0.15) is 17.9 Å². The summed E-state index contributed by atoms with van der Waals surface area (Å²) >= 11 is 0. The molecule has 0 aliphatic rings. The highest BCUT2D eigenvalue weighted by atomic mass is 19.1. The van der Waals surface area contributed by atoms with Crippen molar-refractivity contribution in [3.05, 3.63) is 72.0 Å². The first kappa shape index (κ1) is 18.8. The van der Waals surface area contributed by atoms with Crippen molar-refractivity contribution in [2.75, 3.05) is 19.4 Å². The number of aromatic nitrogens is 1. The van der Waals surface area contributed by atoms with Crippen molar-refractivity contribution in [2.24, 2.45) is 0 Å². The first-order chi connectivity index (χ1) is 13.0. The quantitative estimate of drug-likeness (QED) is 0.683. The van der Waals surface area contributed by atoms with Crippen molar-refractivity contribution in [1.82, 2.24) is 9.88 Å². The van der Waals surface area contributed by atoms with E-state index in [2.05, 4.69) is 15.2 Å². The van der Waals surface area contributed by atoms with Gasteiger partial charge in [0.15, 0.2) is 11.7 Å². The molecule has 0 aliphatic heterocycles. The van der Waals surface area contributed by atoms with Gasteiger partial charge in [0.05, 0.1) is 6.20 Å². The Morgan fingerprint density at radius 2 is 1.96 bits per heavy atom. The number of anilines is 1. The second kappa shape index (κ2) is 8.60. The van der Waals surface area contributed by atoms with E-state index in [0.717, 1.165) is 23.4 Å². The maximum atomic E-state index is 13.0. The summed E-state index contributed by atoms with van der Waals surface area (Å²) in [5.41, 5.74) is 2.66. The molecule has 0 aliphatic carbocycles. The summed E-state index contributed by atoms with van der Waals surface area (Å²) in [6.45, 7) is 0.812. The number of carbonyl (C=O) groups excluding carboxylic acids is 1. The second-order valence-corrected chi connectivity index (χ2v) is 6.61. The van der Waals surface area contributed by atoms with Gasteiger partial charge in [-0.2, -0.15) is 0 Å². The lowest BCUT2D eigenvalue weighted by Gasteiger charge is -2.11. The highest BCUT2D eigenvalue weighted by Crippen LogP contribution is 2.21. The third-order valence-corrected chi connectivity index (χ3v) is 3.96. The number of carbonyl (C=O) groups is 1. The Morgan fingerprint density at radius 1 is 1.19 bits per heavy atom. The molecule has 0 spiro atoms. The van der Waals surface area contributed by atoms with E-state index >= 15 is 0 Å². The van der Waals surface area contributed by atoms with Gasteiger partial charge in [-0.1, -0.05) is 12.1 Å². The van der Waals surface area contributed by atoms with E-state index in [-0.39, 0.29) is 18.1 Å². The fraction of sp³-hybridized carbons (Fsp3) is 0.238. The smallest absolute Gasteiger partial charge is 0.224 e. The molecule has 2 aromatic carbocycles. The number of amides is 1. The largest absolute Gasteiger partial charge is 0.441 e. The monoisotopic (exact) mass is 367 g/mol.